The quantitative estimate of drug-likeness (QED) is 0.212. The van der Waals surface area contributed by atoms with Crippen molar-refractivity contribution in [2.24, 2.45) is 0 Å². The van der Waals surface area contributed by atoms with Gasteiger partial charge in [0.1, 0.15) is 11.6 Å². The second kappa shape index (κ2) is 12.4. The highest BCUT2D eigenvalue weighted by atomic mass is 15.2. The number of aryl methyl sites for hydroxylation is 1. The zero-order valence-electron chi connectivity index (χ0n) is 25.8. The molecule has 222 valence electrons. The van der Waals surface area contributed by atoms with Crippen LogP contribution in [0.2, 0.25) is 0 Å². The molecule has 0 amide bonds. The van der Waals surface area contributed by atoms with E-state index in [1.807, 2.05) is 42.5 Å². The second-order valence-corrected chi connectivity index (χ2v) is 12.5. The summed E-state index contributed by atoms with van der Waals surface area (Å²) in [5.74, 6) is 1.25. The highest BCUT2D eigenvalue weighted by Gasteiger charge is 2.27. The van der Waals surface area contributed by atoms with Crippen molar-refractivity contribution in [3.05, 3.63) is 102 Å². The lowest BCUT2D eigenvalue weighted by atomic mass is 9.98. The first kappa shape index (κ1) is 29.2. The minimum Gasteiger partial charge on any atom is -0.370 e. The van der Waals surface area contributed by atoms with Gasteiger partial charge in [0.05, 0.1) is 11.2 Å². The van der Waals surface area contributed by atoms with E-state index in [1.54, 1.807) is 18.6 Å². The summed E-state index contributed by atoms with van der Waals surface area (Å²) in [6.07, 6.45) is 8.06. The predicted molar refractivity (Wildman–Crippen MR) is 177 cm³/mol. The van der Waals surface area contributed by atoms with Crippen LogP contribution in [0.4, 0.5) is 17.2 Å². The van der Waals surface area contributed by atoms with Gasteiger partial charge in [-0.3, -0.25) is 4.98 Å². The highest BCUT2D eigenvalue weighted by Crippen LogP contribution is 2.37. The van der Waals surface area contributed by atoms with Crippen molar-refractivity contribution in [1.29, 1.82) is 5.26 Å². The van der Waals surface area contributed by atoms with Gasteiger partial charge in [-0.15, -0.1) is 0 Å². The van der Waals surface area contributed by atoms with Gasteiger partial charge in [-0.2, -0.15) is 5.26 Å². The molecule has 5 aromatic rings. The first-order valence-corrected chi connectivity index (χ1v) is 15.2. The molecule has 8 heteroatoms. The van der Waals surface area contributed by atoms with Crippen molar-refractivity contribution in [1.82, 2.24) is 25.3 Å². The van der Waals surface area contributed by atoms with E-state index >= 15 is 0 Å². The fraction of sp³-hybridized carbons (Fsp3) is 0.306. The Hall–Kier alpha value is -4.87. The van der Waals surface area contributed by atoms with Crippen molar-refractivity contribution in [2.45, 2.75) is 58.5 Å². The van der Waals surface area contributed by atoms with Crippen LogP contribution < -0.4 is 15.5 Å². The van der Waals surface area contributed by atoms with Crippen LogP contribution in [0.15, 0.2) is 79.3 Å². The standard InChI is InChI=1S/C36H38N8/c1-24-20-28(12-11-25(24)21-29-13-17-39-34(40-29)26-8-7-16-38-23-26)41-35-31(22-37)33(30-9-5-6-10-32(30)42-35)44-18-14-27(15-19-44)43-36(2,3)4/h5-13,16-17,20,23,27,43H,14-15,18-19,21H2,1-4H3,(H,41,42). The molecule has 44 heavy (non-hydrogen) atoms. The molecule has 2 aromatic carbocycles. The normalized spacial score (nSPS) is 14.0. The van der Waals surface area contributed by atoms with E-state index in [2.05, 4.69) is 77.5 Å². The van der Waals surface area contributed by atoms with E-state index < -0.39 is 0 Å². The topological polar surface area (TPSA) is 103 Å². The Balaban J connectivity index is 1.26. The number of piperidine rings is 1. The molecule has 0 spiro atoms. The number of hydrogen-bond acceptors (Lipinski definition) is 8. The highest BCUT2D eigenvalue weighted by molar-refractivity contribution is 5.98. The second-order valence-electron chi connectivity index (χ2n) is 12.5. The summed E-state index contributed by atoms with van der Waals surface area (Å²) in [7, 11) is 0. The van der Waals surface area contributed by atoms with Crippen molar-refractivity contribution in [3.63, 3.8) is 0 Å². The lowest BCUT2D eigenvalue weighted by molar-refractivity contribution is 0.317. The molecule has 0 unspecified atom stereocenters. The lowest BCUT2D eigenvalue weighted by Gasteiger charge is -2.38. The number of nitriles is 1. The number of benzene rings is 2. The maximum atomic E-state index is 10.5. The molecule has 1 fully saturated rings. The first-order chi connectivity index (χ1) is 21.3. The molecule has 1 saturated heterocycles. The third-order valence-electron chi connectivity index (χ3n) is 8.04. The largest absolute Gasteiger partial charge is 0.370 e. The number of hydrogen-bond donors (Lipinski definition) is 2. The maximum absolute atomic E-state index is 10.5. The number of para-hydroxylation sites is 1. The molecule has 1 aliphatic rings. The van der Waals surface area contributed by atoms with Crippen LogP contribution in [0.3, 0.4) is 0 Å². The first-order valence-electron chi connectivity index (χ1n) is 15.2. The van der Waals surface area contributed by atoms with E-state index in [4.69, 9.17) is 9.97 Å². The molecule has 2 N–H and O–H groups in total. The summed E-state index contributed by atoms with van der Waals surface area (Å²) in [6.45, 7) is 10.5. The number of fused-ring (bicyclic) bond motifs is 1. The van der Waals surface area contributed by atoms with Gasteiger partial charge in [-0.25, -0.2) is 15.0 Å². The molecule has 0 radical (unpaired) electrons. The fourth-order valence-corrected chi connectivity index (χ4v) is 6.01. The maximum Gasteiger partial charge on any atom is 0.160 e. The number of aromatic nitrogens is 4. The van der Waals surface area contributed by atoms with E-state index in [1.165, 1.54) is 5.56 Å². The smallest absolute Gasteiger partial charge is 0.160 e. The molecule has 4 heterocycles. The summed E-state index contributed by atoms with van der Waals surface area (Å²) >= 11 is 0. The van der Waals surface area contributed by atoms with Crippen LogP contribution >= 0.6 is 0 Å². The average molecular weight is 583 g/mol. The molecule has 1 aliphatic heterocycles. The number of nitrogens with zero attached hydrogens (tertiary/aromatic N) is 6. The van der Waals surface area contributed by atoms with Crippen LogP contribution in [0.5, 0.6) is 0 Å². The third kappa shape index (κ3) is 6.53. The van der Waals surface area contributed by atoms with Crippen molar-refractivity contribution in [2.75, 3.05) is 23.3 Å². The summed E-state index contributed by atoms with van der Waals surface area (Å²) < 4.78 is 0. The van der Waals surface area contributed by atoms with Crippen molar-refractivity contribution in [3.8, 4) is 17.5 Å². The van der Waals surface area contributed by atoms with E-state index in [0.717, 1.165) is 65.0 Å². The zero-order valence-corrected chi connectivity index (χ0v) is 25.8. The van der Waals surface area contributed by atoms with E-state index in [9.17, 15) is 5.26 Å². The van der Waals surface area contributed by atoms with Crippen LogP contribution in [-0.4, -0.2) is 44.6 Å². The Labute approximate surface area is 259 Å². The molecular weight excluding hydrogens is 544 g/mol. The fourth-order valence-electron chi connectivity index (χ4n) is 6.01. The van der Waals surface area contributed by atoms with Crippen LogP contribution in [-0.2, 0) is 6.42 Å². The number of nitrogens with one attached hydrogen (secondary N) is 2. The number of pyridine rings is 2. The van der Waals surface area contributed by atoms with Gasteiger partial charge in [-0.1, -0.05) is 24.3 Å². The third-order valence-corrected chi connectivity index (χ3v) is 8.04. The van der Waals surface area contributed by atoms with Gasteiger partial charge in [-0.05, 0) is 88.1 Å². The summed E-state index contributed by atoms with van der Waals surface area (Å²) in [5, 5.41) is 18.7. The Morgan fingerprint density at radius 2 is 1.80 bits per heavy atom. The Kier molecular flexibility index (Phi) is 8.23. The SMILES string of the molecule is Cc1cc(Nc2nc3ccccc3c(N3CCC(NC(C)(C)C)CC3)c2C#N)ccc1Cc1ccnc(-c2cccnc2)n1. The molecule has 0 saturated carbocycles. The van der Waals surface area contributed by atoms with Gasteiger partial charge < -0.3 is 15.5 Å². The van der Waals surface area contributed by atoms with Gasteiger partial charge in [0, 0.05) is 72.0 Å². The van der Waals surface area contributed by atoms with Crippen LogP contribution in [0.25, 0.3) is 22.3 Å². The zero-order chi connectivity index (χ0) is 30.7. The summed E-state index contributed by atoms with van der Waals surface area (Å²) in [4.78, 5) is 20.7. The monoisotopic (exact) mass is 582 g/mol. The number of anilines is 3. The van der Waals surface area contributed by atoms with Gasteiger partial charge in [0.25, 0.3) is 0 Å². The van der Waals surface area contributed by atoms with E-state index in [0.29, 0.717) is 29.7 Å². The van der Waals surface area contributed by atoms with Crippen molar-refractivity contribution >= 4 is 28.1 Å². The molecule has 0 atom stereocenters. The van der Waals surface area contributed by atoms with E-state index in [-0.39, 0.29) is 5.54 Å². The molecule has 6 rings (SSSR count). The summed E-state index contributed by atoms with van der Waals surface area (Å²) in [5.41, 5.74) is 7.53. The molecule has 0 bridgehead atoms. The predicted octanol–water partition coefficient (Wildman–Crippen LogP) is 6.96. The Morgan fingerprint density at radius 3 is 2.52 bits per heavy atom. The minimum atomic E-state index is 0.0798. The van der Waals surface area contributed by atoms with Crippen molar-refractivity contribution < 1.29 is 0 Å². The molecular formula is C36H38N8. The molecule has 3 aromatic heterocycles. The van der Waals surface area contributed by atoms with Gasteiger partial charge >= 0.3 is 0 Å². The van der Waals surface area contributed by atoms with Gasteiger partial charge in [0.15, 0.2) is 11.6 Å². The van der Waals surface area contributed by atoms with Crippen LogP contribution in [0, 0.1) is 18.3 Å². The van der Waals surface area contributed by atoms with Crippen LogP contribution in [0.1, 0.15) is 56.0 Å². The number of rotatable bonds is 7. The Morgan fingerprint density at radius 1 is 0.977 bits per heavy atom. The molecule has 0 aliphatic carbocycles. The lowest BCUT2D eigenvalue weighted by Crippen LogP contribution is -2.49. The molecule has 8 nitrogen and oxygen atoms in total. The Bertz CT molecular complexity index is 1810. The van der Waals surface area contributed by atoms with Gasteiger partial charge in [0.2, 0.25) is 0 Å². The average Bonchev–Trinajstić information content (AvgIpc) is 3.02. The summed E-state index contributed by atoms with van der Waals surface area (Å²) in [6, 6.07) is 23.2. The minimum absolute atomic E-state index is 0.0798.